The van der Waals surface area contributed by atoms with E-state index in [-0.39, 0.29) is 11.9 Å². The Morgan fingerprint density at radius 2 is 1.73 bits per heavy atom. The minimum absolute atomic E-state index is 0.0993. The molecule has 0 atom stereocenters. The van der Waals surface area contributed by atoms with Crippen molar-refractivity contribution < 1.29 is 13.2 Å². The number of fused-ring (bicyclic) bond motifs is 1. The third-order valence-electron chi connectivity index (χ3n) is 5.35. The molecule has 0 N–H and O–H groups in total. The fourth-order valence-electron chi connectivity index (χ4n) is 3.72. The van der Waals surface area contributed by atoms with Gasteiger partial charge < -0.3 is 4.90 Å². The number of rotatable bonds is 4. The number of carbonyl (C=O) groups is 1. The molecule has 0 spiro atoms. The van der Waals surface area contributed by atoms with Crippen LogP contribution >= 0.6 is 0 Å². The van der Waals surface area contributed by atoms with Crippen LogP contribution in [0, 0.1) is 0 Å². The first-order valence-electron chi connectivity index (χ1n) is 9.94. The first-order valence-corrected chi connectivity index (χ1v) is 11.8. The summed E-state index contributed by atoms with van der Waals surface area (Å²) in [5, 5.41) is 5.17. The van der Waals surface area contributed by atoms with E-state index in [1.165, 1.54) is 10.6 Å². The summed E-state index contributed by atoms with van der Waals surface area (Å²) in [5.74, 6) is -0.129. The molecule has 0 unspecified atom stereocenters. The van der Waals surface area contributed by atoms with E-state index in [9.17, 15) is 13.2 Å². The van der Waals surface area contributed by atoms with Gasteiger partial charge in [-0.05, 0) is 19.9 Å². The lowest BCUT2D eigenvalue weighted by Crippen LogP contribution is -2.50. The molecular weight excluding hydrogens is 402 g/mol. The first-order chi connectivity index (χ1) is 14.3. The van der Waals surface area contributed by atoms with Crippen molar-refractivity contribution in [3.63, 3.8) is 0 Å². The highest BCUT2D eigenvalue weighted by Gasteiger charge is 2.28. The van der Waals surface area contributed by atoms with Crippen LogP contribution < -0.4 is 0 Å². The van der Waals surface area contributed by atoms with E-state index in [1.54, 1.807) is 11.1 Å². The fourth-order valence-corrected chi connectivity index (χ4v) is 4.55. The van der Waals surface area contributed by atoms with Gasteiger partial charge >= 0.3 is 0 Å². The topological polar surface area (TPSA) is 88.4 Å². The lowest BCUT2D eigenvalue weighted by Gasteiger charge is -2.33. The summed E-state index contributed by atoms with van der Waals surface area (Å²) >= 11 is 0. The molecule has 0 saturated carbocycles. The Bertz CT molecular complexity index is 1180. The molecule has 8 nitrogen and oxygen atoms in total. The Morgan fingerprint density at radius 3 is 2.33 bits per heavy atom. The maximum absolute atomic E-state index is 13.4. The van der Waals surface area contributed by atoms with Gasteiger partial charge in [-0.2, -0.15) is 9.40 Å². The molecule has 1 fully saturated rings. The van der Waals surface area contributed by atoms with Crippen LogP contribution in [0.5, 0.6) is 0 Å². The fraction of sp³-hybridized carbons (Fsp3) is 0.381. The van der Waals surface area contributed by atoms with Gasteiger partial charge in [-0.1, -0.05) is 30.3 Å². The predicted molar refractivity (Wildman–Crippen MR) is 116 cm³/mol. The summed E-state index contributed by atoms with van der Waals surface area (Å²) in [7, 11) is -3.25. The number of carbonyl (C=O) groups excluding carboxylic acids is 1. The van der Waals surface area contributed by atoms with Crippen LogP contribution in [-0.2, 0) is 10.0 Å². The number of benzene rings is 1. The second-order valence-corrected chi connectivity index (χ2v) is 9.78. The predicted octanol–water partition coefficient (Wildman–Crippen LogP) is 2.40. The monoisotopic (exact) mass is 427 g/mol. The van der Waals surface area contributed by atoms with Gasteiger partial charge in [-0.3, -0.25) is 4.79 Å². The Balaban J connectivity index is 1.75. The smallest absolute Gasteiger partial charge is 0.254 e. The molecule has 0 radical (unpaired) electrons. The molecule has 1 aliphatic heterocycles. The number of amides is 1. The second kappa shape index (κ2) is 7.81. The largest absolute Gasteiger partial charge is 0.336 e. The molecular formula is C21H25N5O3S. The van der Waals surface area contributed by atoms with Crippen molar-refractivity contribution in [1.82, 2.24) is 24.0 Å². The SMILES string of the molecule is CC(C)n1ncc2c(C(=O)N3CCN(S(C)(=O)=O)CC3)cc(-c3ccccc3)nc21. The van der Waals surface area contributed by atoms with Crippen molar-refractivity contribution >= 4 is 27.0 Å². The van der Waals surface area contributed by atoms with Crippen LogP contribution in [0.4, 0.5) is 0 Å². The highest BCUT2D eigenvalue weighted by Crippen LogP contribution is 2.27. The quantitative estimate of drug-likeness (QED) is 0.638. The van der Waals surface area contributed by atoms with E-state index < -0.39 is 10.0 Å². The van der Waals surface area contributed by atoms with Crippen LogP contribution in [0.1, 0.15) is 30.2 Å². The minimum Gasteiger partial charge on any atom is -0.336 e. The van der Waals surface area contributed by atoms with E-state index in [4.69, 9.17) is 4.98 Å². The van der Waals surface area contributed by atoms with E-state index in [0.717, 1.165) is 5.56 Å². The first kappa shape index (κ1) is 20.5. The zero-order valence-electron chi connectivity index (χ0n) is 17.3. The molecule has 158 valence electrons. The Hall–Kier alpha value is -2.78. The molecule has 9 heteroatoms. The van der Waals surface area contributed by atoms with Crippen molar-refractivity contribution in [3.05, 3.63) is 48.2 Å². The number of hydrogen-bond donors (Lipinski definition) is 0. The number of nitrogens with zero attached hydrogens (tertiary/aromatic N) is 5. The Morgan fingerprint density at radius 1 is 1.07 bits per heavy atom. The number of hydrogen-bond acceptors (Lipinski definition) is 5. The molecule has 1 aliphatic rings. The average molecular weight is 428 g/mol. The molecule has 2 aromatic heterocycles. The lowest BCUT2D eigenvalue weighted by atomic mass is 10.1. The van der Waals surface area contributed by atoms with E-state index in [1.807, 2.05) is 54.9 Å². The van der Waals surface area contributed by atoms with Crippen LogP contribution in [0.15, 0.2) is 42.6 Å². The van der Waals surface area contributed by atoms with Gasteiger partial charge in [0.2, 0.25) is 10.0 Å². The standard InChI is InChI=1S/C21H25N5O3S/c1-15(2)26-20-18(14-22-26)17(13-19(23-20)16-7-5-4-6-8-16)21(27)24-9-11-25(12-10-24)30(3,28)29/h4-8,13-15H,9-12H2,1-3H3. The molecule has 0 aliphatic carbocycles. The maximum atomic E-state index is 13.4. The Kier molecular flexibility index (Phi) is 5.33. The second-order valence-electron chi connectivity index (χ2n) is 7.80. The molecule has 1 amide bonds. The molecule has 3 aromatic rings. The van der Waals surface area contributed by atoms with Crippen molar-refractivity contribution in [2.75, 3.05) is 32.4 Å². The molecule has 0 bridgehead atoms. The van der Waals surface area contributed by atoms with E-state index in [2.05, 4.69) is 5.10 Å². The summed E-state index contributed by atoms with van der Waals surface area (Å²) in [5.41, 5.74) is 2.85. The highest BCUT2D eigenvalue weighted by molar-refractivity contribution is 7.88. The van der Waals surface area contributed by atoms with Gasteiger partial charge in [0.05, 0.1) is 29.1 Å². The third-order valence-corrected chi connectivity index (χ3v) is 6.65. The minimum atomic E-state index is -3.25. The van der Waals surface area contributed by atoms with E-state index in [0.29, 0.717) is 48.5 Å². The van der Waals surface area contributed by atoms with E-state index >= 15 is 0 Å². The summed E-state index contributed by atoms with van der Waals surface area (Å²) in [6, 6.07) is 11.7. The van der Waals surface area contributed by atoms with Crippen molar-refractivity contribution in [1.29, 1.82) is 0 Å². The average Bonchev–Trinajstić information content (AvgIpc) is 3.17. The number of pyridine rings is 1. The van der Waals surface area contributed by atoms with Crippen molar-refractivity contribution in [3.8, 4) is 11.3 Å². The van der Waals surface area contributed by atoms with Crippen LogP contribution in [0.25, 0.3) is 22.3 Å². The zero-order chi connectivity index (χ0) is 21.5. The van der Waals surface area contributed by atoms with Gasteiger partial charge in [-0.25, -0.2) is 18.1 Å². The molecule has 3 heterocycles. The van der Waals surface area contributed by atoms with Gasteiger partial charge in [0.25, 0.3) is 5.91 Å². The summed E-state index contributed by atoms with van der Waals surface area (Å²) < 4.78 is 26.8. The number of aromatic nitrogens is 3. The molecule has 4 rings (SSSR count). The third kappa shape index (κ3) is 3.82. The van der Waals surface area contributed by atoms with Crippen molar-refractivity contribution in [2.45, 2.75) is 19.9 Å². The van der Waals surface area contributed by atoms with Crippen LogP contribution in [0.2, 0.25) is 0 Å². The zero-order valence-corrected chi connectivity index (χ0v) is 18.1. The summed E-state index contributed by atoms with van der Waals surface area (Å²) in [4.78, 5) is 19.9. The van der Waals surface area contributed by atoms with Gasteiger partial charge in [0, 0.05) is 37.8 Å². The highest BCUT2D eigenvalue weighted by atomic mass is 32.2. The van der Waals surface area contributed by atoms with Gasteiger partial charge in [-0.15, -0.1) is 0 Å². The Labute approximate surface area is 176 Å². The summed E-state index contributed by atoms with van der Waals surface area (Å²) in [6.45, 7) is 5.36. The number of sulfonamides is 1. The summed E-state index contributed by atoms with van der Waals surface area (Å²) in [6.07, 6.45) is 2.89. The van der Waals surface area contributed by atoms with Gasteiger partial charge in [0.1, 0.15) is 0 Å². The van der Waals surface area contributed by atoms with Crippen LogP contribution in [0.3, 0.4) is 0 Å². The lowest BCUT2D eigenvalue weighted by molar-refractivity contribution is 0.0700. The number of piperazine rings is 1. The molecule has 30 heavy (non-hydrogen) atoms. The maximum Gasteiger partial charge on any atom is 0.254 e. The molecule has 1 saturated heterocycles. The van der Waals surface area contributed by atoms with Crippen molar-refractivity contribution in [2.24, 2.45) is 0 Å². The normalized spacial score (nSPS) is 15.8. The van der Waals surface area contributed by atoms with Crippen LogP contribution in [-0.4, -0.2) is 70.7 Å². The van der Waals surface area contributed by atoms with Gasteiger partial charge in [0.15, 0.2) is 5.65 Å². The molecule has 1 aromatic carbocycles.